The van der Waals surface area contributed by atoms with Gasteiger partial charge in [0.25, 0.3) is 0 Å². The van der Waals surface area contributed by atoms with Gasteiger partial charge in [-0.3, -0.25) is 9.52 Å². The number of nitrogens with one attached hydrogen (secondary N) is 1. The molecule has 3 rings (SSSR count). The van der Waals surface area contributed by atoms with E-state index in [1.165, 1.54) is 7.11 Å². The molecule has 0 atom stereocenters. The smallest absolute Gasteiger partial charge is 0.573 e. The van der Waals surface area contributed by atoms with Gasteiger partial charge in [0.15, 0.2) is 0 Å². The monoisotopic (exact) mass is 395 g/mol. The number of H-pyrrole nitrogens is 1. The van der Waals surface area contributed by atoms with E-state index >= 15 is 0 Å². The van der Waals surface area contributed by atoms with Gasteiger partial charge in [0, 0.05) is 12.1 Å². The third-order valence-corrected chi connectivity index (χ3v) is 3.48. The third-order valence-electron chi connectivity index (χ3n) is 3.48. The fourth-order valence-corrected chi connectivity index (χ4v) is 2.26. The largest absolute Gasteiger partial charge is 0.854 e. The molecule has 3 aromatic rings. The second-order valence-electron chi connectivity index (χ2n) is 5.32. The summed E-state index contributed by atoms with van der Waals surface area (Å²) < 4.78 is 51.1. The van der Waals surface area contributed by atoms with Gasteiger partial charge >= 0.3 is 17.7 Å². The van der Waals surface area contributed by atoms with Gasteiger partial charge in [0.1, 0.15) is 11.5 Å². The van der Waals surface area contributed by atoms with E-state index in [0.717, 1.165) is 28.9 Å². The molecule has 0 aliphatic heterocycles. The molecule has 0 saturated heterocycles. The molecule has 0 unspecified atom stereocenters. The Morgan fingerprint density at radius 2 is 1.71 bits per heavy atom. The number of methoxy groups -OCH3 is 1. The number of aliphatic imine (C=N–C) groups is 1. The van der Waals surface area contributed by atoms with Gasteiger partial charge < -0.3 is 14.6 Å². The summed E-state index contributed by atoms with van der Waals surface area (Å²) >= 11 is 0. The van der Waals surface area contributed by atoms with Crippen molar-refractivity contribution >= 4 is 11.6 Å². The zero-order chi connectivity index (χ0) is 20.3. The van der Waals surface area contributed by atoms with Crippen molar-refractivity contribution in [2.75, 3.05) is 7.11 Å². The van der Waals surface area contributed by atoms with Gasteiger partial charge in [-0.1, -0.05) is 0 Å². The van der Waals surface area contributed by atoms with Crippen LogP contribution in [0.1, 0.15) is 5.69 Å². The summed E-state index contributed by atoms with van der Waals surface area (Å²) in [6.07, 6.45) is -4.83. The first-order valence-electron chi connectivity index (χ1n) is 7.66. The summed E-state index contributed by atoms with van der Waals surface area (Å²) in [6, 6.07) is 10.6. The van der Waals surface area contributed by atoms with Gasteiger partial charge in [-0.2, -0.15) is 0 Å². The zero-order valence-corrected chi connectivity index (χ0v) is 14.2. The number of alkyl halides is 3. The Morgan fingerprint density at radius 3 is 2.29 bits per heavy atom. The maximum atomic E-state index is 12.4. The molecule has 0 saturated carbocycles. The first-order valence-corrected chi connectivity index (χ1v) is 7.66. The fraction of sp³-hybridized carbons (Fsp3) is 0.118. The maximum absolute atomic E-state index is 12.4. The Labute approximate surface area is 155 Å². The molecule has 0 bridgehead atoms. The van der Waals surface area contributed by atoms with Gasteiger partial charge in [0.05, 0.1) is 18.7 Å². The Balaban J connectivity index is 1.91. The van der Waals surface area contributed by atoms with Crippen molar-refractivity contribution in [3.8, 4) is 17.2 Å². The second-order valence-corrected chi connectivity index (χ2v) is 5.32. The Bertz CT molecular complexity index is 1040. The average Bonchev–Trinajstić information content (AvgIpc) is 3.04. The van der Waals surface area contributed by atoms with E-state index in [9.17, 15) is 23.1 Å². The van der Waals surface area contributed by atoms with Crippen LogP contribution in [0.5, 0.6) is 11.5 Å². The number of aromatic nitrogens is 2. The minimum absolute atomic E-state index is 0.0291. The average molecular weight is 395 g/mol. The van der Waals surface area contributed by atoms with Crippen molar-refractivity contribution in [2.45, 2.75) is 6.36 Å². The number of halogens is 3. The highest BCUT2D eigenvalue weighted by atomic mass is 19.4. The molecule has 1 N–H and O–H groups in total. The second kappa shape index (κ2) is 7.47. The van der Waals surface area contributed by atoms with Gasteiger partial charge in [0.2, 0.25) is 5.69 Å². The lowest BCUT2D eigenvalue weighted by atomic mass is 10.3. The van der Waals surface area contributed by atoms with E-state index in [1.54, 1.807) is 24.3 Å². The summed E-state index contributed by atoms with van der Waals surface area (Å²) in [5.41, 5.74) is -0.942. The van der Waals surface area contributed by atoms with Crippen molar-refractivity contribution in [2.24, 2.45) is 4.99 Å². The number of benzene rings is 2. The summed E-state index contributed by atoms with van der Waals surface area (Å²) in [4.78, 5) is 15.6. The van der Waals surface area contributed by atoms with Crippen LogP contribution in [-0.2, 0) is 0 Å². The summed E-state index contributed by atoms with van der Waals surface area (Å²) in [6.45, 7) is 0. The number of rotatable bonds is 5. The molecule has 1 aromatic heterocycles. The van der Waals surface area contributed by atoms with Crippen LogP contribution in [0.25, 0.3) is 5.69 Å². The molecule has 2 aromatic carbocycles. The Hall–Kier alpha value is -3.76. The molecule has 1 heterocycles. The number of hydrogen-bond donors (Lipinski definition) is 1. The van der Waals surface area contributed by atoms with Crippen molar-refractivity contribution in [3.63, 3.8) is 0 Å². The molecular formula is C17H12F3N3O5. The normalized spacial score (nSPS) is 12.1. The highest BCUT2D eigenvalue weighted by Crippen LogP contribution is 2.25. The van der Waals surface area contributed by atoms with E-state index in [1.807, 2.05) is 0 Å². The maximum Gasteiger partial charge on any atom is 0.573 e. The summed E-state index contributed by atoms with van der Waals surface area (Å²) in [5.74, 6) is -0.849. The van der Waals surface area contributed by atoms with Crippen LogP contribution in [0.2, 0.25) is 0 Å². The molecule has 28 heavy (non-hydrogen) atoms. The predicted octanol–water partition coefficient (Wildman–Crippen LogP) is 1.59. The highest BCUT2D eigenvalue weighted by molar-refractivity contribution is 5.88. The van der Waals surface area contributed by atoms with Gasteiger partial charge in [-0.15, -0.1) is 13.2 Å². The molecule has 8 nitrogen and oxygen atoms in total. The number of hydrogen-bond acceptors (Lipinski definition) is 6. The number of aromatic amines is 1. The molecular weight excluding hydrogens is 383 g/mol. The van der Waals surface area contributed by atoms with Crippen LogP contribution in [0, 0.1) is 0 Å². The van der Waals surface area contributed by atoms with E-state index in [-0.39, 0.29) is 5.69 Å². The lowest BCUT2D eigenvalue weighted by molar-refractivity contribution is -0.673. The van der Waals surface area contributed by atoms with E-state index in [4.69, 9.17) is 4.74 Å². The lowest BCUT2D eigenvalue weighted by Crippen LogP contribution is -2.44. The molecule has 0 aliphatic carbocycles. The molecule has 0 amide bonds. The van der Waals surface area contributed by atoms with Crippen molar-refractivity contribution in [3.05, 3.63) is 64.6 Å². The van der Waals surface area contributed by atoms with E-state index in [2.05, 4.69) is 19.5 Å². The third kappa shape index (κ3) is 4.31. The van der Waals surface area contributed by atoms with Crippen LogP contribution in [0.4, 0.5) is 18.9 Å². The number of nitrogens with zero attached hydrogens (tertiary/aromatic N) is 2. The van der Waals surface area contributed by atoms with Gasteiger partial charge in [-0.05, 0) is 46.4 Å². The van der Waals surface area contributed by atoms with Crippen molar-refractivity contribution < 1.29 is 37.0 Å². The van der Waals surface area contributed by atoms with E-state index in [0.29, 0.717) is 11.4 Å². The quantitative estimate of drug-likeness (QED) is 0.401. The van der Waals surface area contributed by atoms with Crippen molar-refractivity contribution in [1.29, 1.82) is 0 Å². The van der Waals surface area contributed by atoms with Crippen LogP contribution in [0.15, 0.2) is 62.8 Å². The molecule has 0 aliphatic rings. The molecule has 146 valence electrons. The first kappa shape index (κ1) is 19.0. The summed E-state index contributed by atoms with van der Waals surface area (Å²) in [5, 5.41) is 14.7. The topological polar surface area (TPSA) is 104 Å². The fourth-order valence-electron chi connectivity index (χ4n) is 2.26. The zero-order valence-electron chi connectivity index (χ0n) is 14.2. The molecule has 0 spiro atoms. The van der Waals surface area contributed by atoms with E-state index < -0.39 is 29.3 Å². The lowest BCUT2D eigenvalue weighted by Gasteiger charge is -2.09. The Kier molecular flexibility index (Phi) is 5.07. The Morgan fingerprint density at radius 1 is 1.11 bits per heavy atom. The van der Waals surface area contributed by atoms with Crippen LogP contribution in [0.3, 0.4) is 0 Å². The first-order chi connectivity index (χ1) is 13.3. The SMILES string of the molecule is COc1ccc(-[n+]2[nH]oc(=O)c2C([O-])=Nc2ccc(OC(F)(F)F)cc2)cc1. The highest BCUT2D eigenvalue weighted by Gasteiger charge is 2.31. The summed E-state index contributed by atoms with van der Waals surface area (Å²) in [7, 11) is 1.49. The molecule has 0 fully saturated rings. The van der Waals surface area contributed by atoms with Crippen LogP contribution < -0.4 is 24.9 Å². The van der Waals surface area contributed by atoms with Crippen LogP contribution in [-0.4, -0.2) is 24.6 Å². The minimum Gasteiger partial charge on any atom is -0.854 e. The number of ether oxygens (including phenoxy) is 2. The predicted molar refractivity (Wildman–Crippen MR) is 86.7 cm³/mol. The van der Waals surface area contributed by atoms with Crippen LogP contribution >= 0.6 is 0 Å². The standard InChI is InChI=1S/C17H12F3N3O5/c1-26-12-8-4-11(5-9-12)23-14(16(25)28-22-23)15(24)21-10-2-6-13(7-3-10)27-17(18,19)20/h2-9H,1H3,(H-,21,22,24,25). The van der Waals surface area contributed by atoms with Crippen molar-refractivity contribution in [1.82, 2.24) is 5.27 Å². The minimum atomic E-state index is -4.83. The molecule has 0 radical (unpaired) electrons. The van der Waals surface area contributed by atoms with Gasteiger partial charge in [-0.25, -0.2) is 4.79 Å². The molecule has 11 heteroatoms.